The Morgan fingerprint density at radius 3 is 2.49 bits per heavy atom. The van der Waals surface area contributed by atoms with Crippen LogP contribution in [-0.4, -0.2) is 56.7 Å². The molecular weight excluding hydrogens is 488 g/mol. The van der Waals surface area contributed by atoms with E-state index in [1.54, 1.807) is 6.92 Å². The van der Waals surface area contributed by atoms with Gasteiger partial charge in [0.25, 0.3) is 6.01 Å². The molecule has 2 aliphatic rings. The summed E-state index contributed by atoms with van der Waals surface area (Å²) >= 11 is 6.63. The van der Waals surface area contributed by atoms with Crippen molar-refractivity contribution in [3.8, 4) is 17.3 Å². The van der Waals surface area contributed by atoms with E-state index in [0.29, 0.717) is 34.8 Å². The van der Waals surface area contributed by atoms with Crippen molar-refractivity contribution >= 4 is 34.2 Å². The zero-order valence-electron chi connectivity index (χ0n) is 21.8. The van der Waals surface area contributed by atoms with Gasteiger partial charge in [0, 0.05) is 32.2 Å². The zero-order valence-corrected chi connectivity index (χ0v) is 22.5. The van der Waals surface area contributed by atoms with Gasteiger partial charge >= 0.3 is 0 Å². The fourth-order valence-electron chi connectivity index (χ4n) is 5.46. The molecule has 3 aromatic rings. The molecule has 0 unspecified atom stereocenters. The quantitative estimate of drug-likeness (QED) is 0.422. The summed E-state index contributed by atoms with van der Waals surface area (Å²) in [7, 11) is 0. The Labute approximate surface area is 222 Å². The Bertz CT molecular complexity index is 1310. The third-order valence-corrected chi connectivity index (χ3v) is 8.34. The molecule has 3 heterocycles. The monoisotopic (exact) mass is 522 g/mol. The number of aromatic nitrogens is 3. The van der Waals surface area contributed by atoms with Crippen molar-refractivity contribution in [1.29, 1.82) is 0 Å². The topological polar surface area (TPSA) is 91.3 Å². The molecule has 2 aromatic heterocycles. The maximum absolute atomic E-state index is 11.6. The molecule has 196 valence electrons. The third-order valence-electron chi connectivity index (χ3n) is 8.05. The van der Waals surface area contributed by atoms with Crippen molar-refractivity contribution < 1.29 is 14.6 Å². The van der Waals surface area contributed by atoms with Gasteiger partial charge in [0.1, 0.15) is 6.10 Å². The molecule has 0 atom stereocenters. The molecule has 1 aliphatic heterocycles. The number of nitrogens with zero attached hydrogens (tertiary/aromatic N) is 3. The number of benzene rings is 1. The van der Waals surface area contributed by atoms with E-state index in [-0.39, 0.29) is 24.0 Å². The Morgan fingerprint density at radius 1 is 1.16 bits per heavy atom. The van der Waals surface area contributed by atoms with Crippen LogP contribution in [0.3, 0.4) is 0 Å². The van der Waals surface area contributed by atoms with Gasteiger partial charge in [0.05, 0.1) is 16.2 Å². The number of aromatic amines is 1. The van der Waals surface area contributed by atoms with E-state index in [0.717, 1.165) is 55.3 Å². The molecule has 37 heavy (non-hydrogen) atoms. The van der Waals surface area contributed by atoms with E-state index in [9.17, 15) is 9.90 Å². The number of amides is 1. The highest BCUT2D eigenvalue weighted by atomic mass is 35.5. The van der Waals surface area contributed by atoms with Gasteiger partial charge < -0.3 is 19.7 Å². The standard InChI is InChI=1S/C29H35ClN4O3/c1-18(36)34-14-12-20(13-15-34)19-4-6-21(7-5-19)26-24(30)16-25-27(32-26)33-28(31-25)37-23-10-8-22(9-11-23)29(2,3)17-35/h4-7,12,16,22-23,35H,8-11,13-15,17H2,1-3H3,(H,31,32,33). The molecule has 1 fully saturated rings. The summed E-state index contributed by atoms with van der Waals surface area (Å²) in [5.74, 6) is 0.621. The van der Waals surface area contributed by atoms with Crippen LogP contribution in [0.4, 0.5) is 0 Å². The molecule has 0 radical (unpaired) electrons. The molecule has 0 spiro atoms. The summed E-state index contributed by atoms with van der Waals surface area (Å²) < 4.78 is 6.18. The van der Waals surface area contributed by atoms with E-state index < -0.39 is 0 Å². The Balaban J connectivity index is 1.28. The van der Waals surface area contributed by atoms with Gasteiger partial charge in [-0.2, -0.15) is 4.98 Å². The van der Waals surface area contributed by atoms with Crippen LogP contribution in [0.15, 0.2) is 36.4 Å². The van der Waals surface area contributed by atoms with Crippen LogP contribution in [0.5, 0.6) is 6.01 Å². The van der Waals surface area contributed by atoms with Gasteiger partial charge in [0.15, 0.2) is 5.65 Å². The van der Waals surface area contributed by atoms with Crippen LogP contribution >= 0.6 is 11.6 Å². The average molecular weight is 523 g/mol. The molecule has 0 bridgehead atoms. The number of ether oxygens (including phenoxy) is 1. The second-order valence-corrected chi connectivity index (χ2v) is 11.4. The first-order chi connectivity index (χ1) is 17.7. The zero-order chi connectivity index (χ0) is 26.2. The third kappa shape index (κ3) is 5.53. The fourth-order valence-corrected chi connectivity index (χ4v) is 5.72. The maximum Gasteiger partial charge on any atom is 0.296 e. The first kappa shape index (κ1) is 25.7. The van der Waals surface area contributed by atoms with Crippen LogP contribution in [0.25, 0.3) is 28.0 Å². The van der Waals surface area contributed by atoms with Crippen LogP contribution in [0.1, 0.15) is 58.4 Å². The van der Waals surface area contributed by atoms with Gasteiger partial charge in [-0.05, 0) is 60.6 Å². The van der Waals surface area contributed by atoms with E-state index in [1.807, 2.05) is 23.1 Å². The van der Waals surface area contributed by atoms with Crippen molar-refractivity contribution in [2.45, 2.75) is 59.0 Å². The minimum atomic E-state index is -0.0519. The smallest absolute Gasteiger partial charge is 0.296 e. The Hall–Kier alpha value is -2.90. The maximum atomic E-state index is 11.6. The summed E-state index contributed by atoms with van der Waals surface area (Å²) in [6, 6.07) is 10.6. The number of nitrogens with one attached hydrogen (secondary N) is 1. The second kappa shape index (κ2) is 10.5. The number of aliphatic hydroxyl groups is 1. The molecule has 8 heteroatoms. The van der Waals surface area contributed by atoms with Gasteiger partial charge in [-0.3, -0.25) is 4.79 Å². The summed E-state index contributed by atoms with van der Waals surface area (Å²) in [6.07, 6.45) is 7.04. The first-order valence-electron chi connectivity index (χ1n) is 13.1. The minimum Gasteiger partial charge on any atom is -0.461 e. The van der Waals surface area contributed by atoms with Crippen molar-refractivity contribution in [2.75, 3.05) is 19.7 Å². The highest BCUT2D eigenvalue weighted by Crippen LogP contribution is 2.39. The number of H-pyrrole nitrogens is 1. The summed E-state index contributed by atoms with van der Waals surface area (Å²) in [6.45, 7) is 7.49. The van der Waals surface area contributed by atoms with Crippen molar-refractivity contribution in [3.63, 3.8) is 0 Å². The average Bonchev–Trinajstić information content (AvgIpc) is 3.29. The number of imidazole rings is 1. The van der Waals surface area contributed by atoms with Crippen LogP contribution in [0.2, 0.25) is 5.02 Å². The summed E-state index contributed by atoms with van der Waals surface area (Å²) in [5.41, 5.74) is 5.28. The lowest BCUT2D eigenvalue weighted by Gasteiger charge is -2.37. The molecule has 0 saturated heterocycles. The Kier molecular flexibility index (Phi) is 7.28. The number of hydrogen-bond donors (Lipinski definition) is 2. The molecule has 1 aliphatic carbocycles. The number of halogens is 1. The highest BCUT2D eigenvalue weighted by molar-refractivity contribution is 6.33. The van der Waals surface area contributed by atoms with Gasteiger partial charge in [0.2, 0.25) is 5.91 Å². The molecular formula is C29H35ClN4O3. The molecule has 2 N–H and O–H groups in total. The molecule has 5 rings (SSSR count). The van der Waals surface area contributed by atoms with Gasteiger partial charge in [-0.25, -0.2) is 4.98 Å². The highest BCUT2D eigenvalue weighted by Gasteiger charge is 2.33. The van der Waals surface area contributed by atoms with Crippen LogP contribution in [0, 0.1) is 11.3 Å². The largest absolute Gasteiger partial charge is 0.461 e. The lowest BCUT2D eigenvalue weighted by molar-refractivity contribution is -0.128. The van der Waals surface area contributed by atoms with Crippen molar-refractivity contribution in [3.05, 3.63) is 47.0 Å². The summed E-state index contributed by atoms with van der Waals surface area (Å²) in [4.78, 5) is 26.0. The van der Waals surface area contributed by atoms with Gasteiger partial charge in [-0.15, -0.1) is 0 Å². The van der Waals surface area contributed by atoms with Crippen LogP contribution in [-0.2, 0) is 4.79 Å². The fraction of sp³-hybridized carbons (Fsp3) is 0.483. The number of aliphatic hydroxyl groups excluding tert-OH is 1. The molecule has 1 amide bonds. The number of pyridine rings is 1. The van der Waals surface area contributed by atoms with Gasteiger partial charge in [-0.1, -0.05) is 55.8 Å². The number of rotatable bonds is 6. The number of fused-ring (bicyclic) bond motifs is 1. The minimum absolute atomic E-state index is 0.0519. The van der Waals surface area contributed by atoms with E-state index >= 15 is 0 Å². The normalized spacial score (nSPS) is 20.7. The predicted octanol–water partition coefficient (Wildman–Crippen LogP) is 5.87. The first-order valence-corrected chi connectivity index (χ1v) is 13.5. The number of carbonyl (C=O) groups excluding carboxylic acids is 1. The van der Waals surface area contributed by atoms with Crippen LogP contribution < -0.4 is 4.74 Å². The van der Waals surface area contributed by atoms with Crippen molar-refractivity contribution in [2.24, 2.45) is 11.3 Å². The second-order valence-electron chi connectivity index (χ2n) is 11.0. The lowest BCUT2D eigenvalue weighted by atomic mass is 9.71. The van der Waals surface area contributed by atoms with E-state index in [4.69, 9.17) is 21.3 Å². The molecule has 1 aromatic carbocycles. The lowest BCUT2D eigenvalue weighted by Crippen LogP contribution is -2.34. The number of hydrogen-bond acceptors (Lipinski definition) is 5. The number of carbonyl (C=O) groups is 1. The predicted molar refractivity (Wildman–Crippen MR) is 146 cm³/mol. The van der Waals surface area contributed by atoms with Crippen molar-refractivity contribution in [1.82, 2.24) is 19.9 Å². The Morgan fingerprint density at radius 2 is 1.86 bits per heavy atom. The SMILES string of the molecule is CC(=O)N1CC=C(c2ccc(-c3nc4nc(OC5CCC(C(C)(C)CO)CC5)[nH]c4cc3Cl)cc2)CC1. The molecule has 7 nitrogen and oxygen atoms in total. The molecule has 1 saturated carbocycles. The van der Waals surface area contributed by atoms with E-state index in [1.165, 1.54) is 5.57 Å². The summed E-state index contributed by atoms with van der Waals surface area (Å²) in [5, 5.41) is 10.2. The van der Waals surface area contributed by atoms with E-state index in [2.05, 4.69) is 42.0 Å².